The molecule has 2 N–H and O–H groups in total. The molecule has 1 amide bonds. The van der Waals surface area contributed by atoms with E-state index in [4.69, 9.17) is 6.42 Å². The van der Waals surface area contributed by atoms with Crippen molar-refractivity contribution in [3.05, 3.63) is 29.3 Å². The van der Waals surface area contributed by atoms with Crippen molar-refractivity contribution in [2.24, 2.45) is 0 Å². The van der Waals surface area contributed by atoms with Crippen molar-refractivity contribution < 1.29 is 4.79 Å². The molecule has 1 rings (SSSR count). The van der Waals surface area contributed by atoms with E-state index in [1.165, 1.54) is 11.1 Å². The predicted molar refractivity (Wildman–Crippen MR) is 85.0 cm³/mol. The second-order valence-electron chi connectivity index (χ2n) is 5.51. The number of terminal acetylenes is 1. The largest absolute Gasteiger partial charge is 0.325 e. The van der Waals surface area contributed by atoms with Gasteiger partial charge in [0.25, 0.3) is 0 Å². The molecule has 0 aromatic heterocycles. The number of nitrogens with one attached hydrogen (secondary N) is 2. The Bertz CT molecular complexity index is 498. The van der Waals surface area contributed by atoms with Gasteiger partial charge in [-0.2, -0.15) is 0 Å². The molecular formula is C17H24N2O. The lowest BCUT2D eigenvalue weighted by atomic mass is 9.94. The minimum absolute atomic E-state index is 0.0700. The number of carbonyl (C=O) groups excluding carboxylic acids is 1. The zero-order valence-electron chi connectivity index (χ0n) is 12.8. The molecule has 1 aromatic carbocycles. The van der Waals surface area contributed by atoms with E-state index in [0.29, 0.717) is 18.4 Å². The minimum atomic E-state index is -0.0700. The molecule has 0 bridgehead atoms. The molecule has 0 aliphatic rings. The minimum Gasteiger partial charge on any atom is -0.325 e. The lowest BCUT2D eigenvalue weighted by molar-refractivity contribution is -0.115. The van der Waals surface area contributed by atoms with Crippen molar-refractivity contribution in [3.8, 4) is 12.3 Å². The van der Waals surface area contributed by atoms with Crippen molar-refractivity contribution in [2.75, 3.05) is 18.4 Å². The summed E-state index contributed by atoms with van der Waals surface area (Å²) in [6.45, 7) is 9.23. The van der Waals surface area contributed by atoms with Gasteiger partial charge in [0.05, 0.1) is 13.1 Å². The van der Waals surface area contributed by atoms with Crippen LogP contribution in [-0.4, -0.2) is 19.0 Å². The monoisotopic (exact) mass is 272 g/mol. The number of benzene rings is 1. The molecule has 20 heavy (non-hydrogen) atoms. The van der Waals surface area contributed by atoms with Crippen LogP contribution >= 0.6 is 0 Å². The molecule has 0 aliphatic carbocycles. The summed E-state index contributed by atoms with van der Waals surface area (Å²) in [5, 5.41) is 5.83. The van der Waals surface area contributed by atoms with Crippen molar-refractivity contribution >= 4 is 11.6 Å². The highest BCUT2D eigenvalue weighted by molar-refractivity contribution is 5.93. The average molecular weight is 272 g/mol. The number of rotatable bonds is 6. The Morgan fingerprint density at radius 2 is 1.95 bits per heavy atom. The molecule has 0 aliphatic heterocycles. The Morgan fingerprint density at radius 3 is 2.50 bits per heavy atom. The second-order valence-corrected chi connectivity index (χ2v) is 5.51. The van der Waals surface area contributed by atoms with Gasteiger partial charge in [-0.1, -0.05) is 45.7 Å². The van der Waals surface area contributed by atoms with E-state index in [1.807, 2.05) is 6.07 Å². The predicted octanol–water partition coefficient (Wildman–Crippen LogP) is 3.09. The van der Waals surface area contributed by atoms with Gasteiger partial charge in [-0.05, 0) is 29.0 Å². The molecule has 0 saturated carbocycles. The van der Waals surface area contributed by atoms with E-state index in [9.17, 15) is 4.79 Å². The maximum atomic E-state index is 11.8. The molecule has 108 valence electrons. The van der Waals surface area contributed by atoms with E-state index >= 15 is 0 Å². The molecular weight excluding hydrogens is 248 g/mol. The van der Waals surface area contributed by atoms with E-state index in [0.717, 1.165) is 5.69 Å². The van der Waals surface area contributed by atoms with E-state index in [-0.39, 0.29) is 12.5 Å². The van der Waals surface area contributed by atoms with Gasteiger partial charge >= 0.3 is 0 Å². The van der Waals surface area contributed by atoms with E-state index in [2.05, 4.69) is 56.4 Å². The summed E-state index contributed by atoms with van der Waals surface area (Å²) in [6, 6.07) is 6.24. The second kappa shape index (κ2) is 7.72. The van der Waals surface area contributed by atoms with Gasteiger partial charge < -0.3 is 5.32 Å². The third-order valence-corrected chi connectivity index (χ3v) is 3.15. The molecule has 0 fully saturated rings. The average Bonchev–Trinajstić information content (AvgIpc) is 2.38. The fourth-order valence-electron chi connectivity index (χ4n) is 1.97. The molecule has 0 unspecified atom stereocenters. The molecule has 3 nitrogen and oxygen atoms in total. The number of hydrogen-bond acceptors (Lipinski definition) is 2. The summed E-state index contributed by atoms with van der Waals surface area (Å²) in [5.41, 5.74) is 3.34. The molecule has 0 heterocycles. The van der Waals surface area contributed by atoms with Gasteiger partial charge in [-0.25, -0.2) is 0 Å². The first kappa shape index (κ1) is 16.3. The summed E-state index contributed by atoms with van der Waals surface area (Å²) >= 11 is 0. The van der Waals surface area contributed by atoms with Crippen LogP contribution < -0.4 is 10.6 Å². The third kappa shape index (κ3) is 4.71. The lowest BCUT2D eigenvalue weighted by Crippen LogP contribution is -2.28. The topological polar surface area (TPSA) is 41.1 Å². The Hall–Kier alpha value is -1.79. The summed E-state index contributed by atoms with van der Waals surface area (Å²) < 4.78 is 0. The van der Waals surface area contributed by atoms with Crippen LogP contribution in [0.2, 0.25) is 0 Å². The van der Waals surface area contributed by atoms with Gasteiger partial charge in [-0.15, -0.1) is 6.42 Å². The fraction of sp³-hybridized carbons (Fsp3) is 0.471. The van der Waals surface area contributed by atoms with Crippen LogP contribution in [0.15, 0.2) is 18.2 Å². The van der Waals surface area contributed by atoms with Crippen LogP contribution in [0.25, 0.3) is 0 Å². The number of carbonyl (C=O) groups is 1. The Morgan fingerprint density at radius 1 is 1.25 bits per heavy atom. The molecule has 0 saturated heterocycles. The fourth-order valence-corrected chi connectivity index (χ4v) is 1.97. The van der Waals surface area contributed by atoms with Gasteiger partial charge in [0.1, 0.15) is 0 Å². The van der Waals surface area contributed by atoms with Crippen molar-refractivity contribution in [1.29, 1.82) is 0 Å². The third-order valence-electron chi connectivity index (χ3n) is 3.15. The quantitative estimate of drug-likeness (QED) is 0.617. The Kier molecular flexibility index (Phi) is 6.27. The number of amides is 1. The van der Waals surface area contributed by atoms with Gasteiger partial charge in [0.2, 0.25) is 5.91 Å². The maximum absolute atomic E-state index is 11.8. The van der Waals surface area contributed by atoms with Crippen LogP contribution in [0.5, 0.6) is 0 Å². The van der Waals surface area contributed by atoms with Crippen molar-refractivity contribution in [1.82, 2.24) is 5.32 Å². The highest BCUT2D eigenvalue weighted by Crippen LogP contribution is 2.28. The first-order valence-electron chi connectivity index (χ1n) is 7.03. The Labute approximate surface area is 122 Å². The zero-order chi connectivity index (χ0) is 15.1. The van der Waals surface area contributed by atoms with E-state index < -0.39 is 0 Å². The highest BCUT2D eigenvalue weighted by atomic mass is 16.1. The van der Waals surface area contributed by atoms with Crippen LogP contribution in [-0.2, 0) is 4.79 Å². The normalized spacial score (nSPS) is 10.7. The number of anilines is 1. The SMILES string of the molecule is C#CCNCC(=O)Nc1ccc(C(C)C)cc1C(C)C. The van der Waals surface area contributed by atoms with Gasteiger partial charge in [-0.3, -0.25) is 10.1 Å². The van der Waals surface area contributed by atoms with Gasteiger partial charge in [0, 0.05) is 5.69 Å². The van der Waals surface area contributed by atoms with Crippen molar-refractivity contribution in [3.63, 3.8) is 0 Å². The molecule has 3 heteroatoms. The summed E-state index contributed by atoms with van der Waals surface area (Å²) in [6.07, 6.45) is 5.13. The summed E-state index contributed by atoms with van der Waals surface area (Å²) in [5.74, 6) is 3.22. The highest BCUT2D eigenvalue weighted by Gasteiger charge is 2.11. The summed E-state index contributed by atoms with van der Waals surface area (Å²) in [7, 11) is 0. The van der Waals surface area contributed by atoms with Crippen LogP contribution in [0.1, 0.15) is 50.7 Å². The van der Waals surface area contributed by atoms with Crippen LogP contribution in [0, 0.1) is 12.3 Å². The molecule has 0 radical (unpaired) electrons. The maximum Gasteiger partial charge on any atom is 0.238 e. The lowest BCUT2D eigenvalue weighted by Gasteiger charge is -2.17. The van der Waals surface area contributed by atoms with Crippen molar-refractivity contribution in [2.45, 2.75) is 39.5 Å². The molecule has 0 spiro atoms. The van der Waals surface area contributed by atoms with E-state index in [1.54, 1.807) is 0 Å². The first-order chi connectivity index (χ1) is 9.45. The van der Waals surface area contributed by atoms with Crippen LogP contribution in [0.4, 0.5) is 5.69 Å². The molecule has 1 aromatic rings. The first-order valence-corrected chi connectivity index (χ1v) is 7.03. The number of hydrogen-bond donors (Lipinski definition) is 2. The zero-order valence-corrected chi connectivity index (χ0v) is 12.8. The Balaban J connectivity index is 2.84. The smallest absolute Gasteiger partial charge is 0.238 e. The molecule has 0 atom stereocenters. The van der Waals surface area contributed by atoms with Gasteiger partial charge in [0.15, 0.2) is 0 Å². The van der Waals surface area contributed by atoms with Crippen LogP contribution in [0.3, 0.4) is 0 Å². The standard InChI is InChI=1S/C17H24N2O/c1-6-9-18-11-17(20)19-16-8-7-14(12(2)3)10-15(16)13(4)5/h1,7-8,10,12-13,18H,9,11H2,2-5H3,(H,19,20). The summed E-state index contributed by atoms with van der Waals surface area (Å²) in [4.78, 5) is 11.8.